The monoisotopic (exact) mass is 359 g/mol. The number of anilines is 1. The fraction of sp³-hybridized carbons (Fsp3) is 0.421. The van der Waals surface area contributed by atoms with Gasteiger partial charge in [0, 0.05) is 44.8 Å². The fourth-order valence-corrected chi connectivity index (χ4v) is 2.88. The molecule has 0 spiro atoms. The van der Waals surface area contributed by atoms with Crippen molar-refractivity contribution in [3.8, 4) is 0 Å². The highest BCUT2D eigenvalue weighted by atomic mass is 16.5. The van der Waals surface area contributed by atoms with Crippen LogP contribution in [0, 0.1) is 5.92 Å². The van der Waals surface area contributed by atoms with E-state index in [-0.39, 0.29) is 30.1 Å². The van der Waals surface area contributed by atoms with Crippen molar-refractivity contribution in [1.29, 1.82) is 0 Å². The van der Waals surface area contributed by atoms with Gasteiger partial charge in [-0.2, -0.15) is 0 Å². The topological polar surface area (TPSA) is 87.7 Å². The molecule has 2 rings (SSSR count). The summed E-state index contributed by atoms with van der Waals surface area (Å²) in [5.41, 5.74) is 1.32. The number of benzene rings is 1. The van der Waals surface area contributed by atoms with Crippen molar-refractivity contribution >= 4 is 23.4 Å². The maximum absolute atomic E-state index is 12.2. The van der Waals surface area contributed by atoms with Crippen LogP contribution in [0.15, 0.2) is 36.9 Å². The van der Waals surface area contributed by atoms with Crippen LogP contribution >= 0.6 is 0 Å². The molecule has 2 N–H and O–H groups in total. The Morgan fingerprint density at radius 2 is 2.15 bits per heavy atom. The van der Waals surface area contributed by atoms with E-state index in [0.717, 1.165) is 5.56 Å². The summed E-state index contributed by atoms with van der Waals surface area (Å²) in [5.74, 6) is -0.260. The van der Waals surface area contributed by atoms with E-state index in [9.17, 15) is 14.4 Å². The number of rotatable bonds is 9. The Kier molecular flexibility index (Phi) is 7.35. The van der Waals surface area contributed by atoms with Gasteiger partial charge in [-0.3, -0.25) is 14.4 Å². The van der Waals surface area contributed by atoms with Crippen LogP contribution in [-0.4, -0.2) is 56.0 Å². The van der Waals surface area contributed by atoms with Gasteiger partial charge in [-0.1, -0.05) is 24.8 Å². The minimum atomic E-state index is -0.321. The number of ether oxygens (including phenoxy) is 1. The van der Waals surface area contributed by atoms with Crippen LogP contribution in [0.4, 0.5) is 5.69 Å². The van der Waals surface area contributed by atoms with Gasteiger partial charge in [0.2, 0.25) is 17.7 Å². The second kappa shape index (κ2) is 9.72. The Morgan fingerprint density at radius 1 is 1.38 bits per heavy atom. The molecule has 7 nitrogen and oxygen atoms in total. The van der Waals surface area contributed by atoms with E-state index in [2.05, 4.69) is 17.2 Å². The van der Waals surface area contributed by atoms with E-state index in [1.54, 1.807) is 30.2 Å². The number of hydrogen-bond acceptors (Lipinski definition) is 4. The summed E-state index contributed by atoms with van der Waals surface area (Å²) in [5, 5.41) is 5.58. The first kappa shape index (κ1) is 19.7. The maximum Gasteiger partial charge on any atom is 0.247 e. The van der Waals surface area contributed by atoms with Gasteiger partial charge in [0.25, 0.3) is 0 Å². The smallest absolute Gasteiger partial charge is 0.247 e. The number of likely N-dealkylation sites (tertiary alicyclic amines) is 1. The van der Waals surface area contributed by atoms with Gasteiger partial charge in [0.05, 0.1) is 13.0 Å². The highest BCUT2D eigenvalue weighted by molar-refractivity contribution is 5.99. The second-order valence-corrected chi connectivity index (χ2v) is 6.23. The average molecular weight is 359 g/mol. The molecular weight excluding hydrogens is 334 g/mol. The average Bonchev–Trinajstić information content (AvgIpc) is 2.99. The van der Waals surface area contributed by atoms with Gasteiger partial charge in [0.15, 0.2) is 0 Å². The molecule has 1 saturated heterocycles. The van der Waals surface area contributed by atoms with Crippen LogP contribution in [-0.2, 0) is 25.5 Å². The molecule has 0 aliphatic carbocycles. The number of carbonyl (C=O) groups excluding carboxylic acids is 3. The Labute approximate surface area is 153 Å². The van der Waals surface area contributed by atoms with Crippen LogP contribution in [0.1, 0.15) is 12.0 Å². The minimum Gasteiger partial charge on any atom is -0.383 e. The first-order valence-electron chi connectivity index (χ1n) is 8.58. The molecule has 1 unspecified atom stereocenters. The van der Waals surface area contributed by atoms with Gasteiger partial charge in [-0.25, -0.2) is 0 Å². The standard InChI is InChI=1S/C19H25N3O4/c1-3-17(23)21-16-7-5-4-6-15(16)11-18(24)20-12-14-10-19(25)22(13-14)8-9-26-2/h3-7,14H,1,8-13H2,2H3,(H,20,24)(H,21,23). The van der Waals surface area contributed by atoms with Gasteiger partial charge in [-0.15, -0.1) is 0 Å². The van der Waals surface area contributed by atoms with Crippen LogP contribution in [0.3, 0.4) is 0 Å². The predicted molar refractivity (Wildman–Crippen MR) is 98.5 cm³/mol. The lowest BCUT2D eigenvalue weighted by Gasteiger charge is -2.16. The second-order valence-electron chi connectivity index (χ2n) is 6.23. The summed E-state index contributed by atoms with van der Waals surface area (Å²) in [7, 11) is 1.60. The first-order valence-corrected chi connectivity index (χ1v) is 8.58. The molecule has 0 bridgehead atoms. The predicted octanol–water partition coefficient (Wildman–Crippen LogP) is 0.965. The zero-order chi connectivity index (χ0) is 18.9. The summed E-state index contributed by atoms with van der Waals surface area (Å²) in [6, 6.07) is 7.14. The van der Waals surface area contributed by atoms with Gasteiger partial charge >= 0.3 is 0 Å². The molecule has 26 heavy (non-hydrogen) atoms. The van der Waals surface area contributed by atoms with Crippen molar-refractivity contribution in [2.75, 3.05) is 38.7 Å². The van der Waals surface area contributed by atoms with Crippen molar-refractivity contribution in [3.63, 3.8) is 0 Å². The molecule has 7 heteroatoms. The van der Waals surface area contributed by atoms with E-state index in [1.807, 2.05) is 6.07 Å². The summed E-state index contributed by atoms with van der Waals surface area (Å²) >= 11 is 0. The quantitative estimate of drug-likeness (QED) is 0.643. The Hall–Kier alpha value is -2.67. The van der Waals surface area contributed by atoms with Gasteiger partial charge in [0.1, 0.15) is 0 Å². The van der Waals surface area contributed by atoms with Crippen LogP contribution in [0.2, 0.25) is 0 Å². The molecule has 1 atom stereocenters. The molecule has 1 aliphatic rings. The maximum atomic E-state index is 12.2. The molecule has 0 radical (unpaired) electrons. The lowest BCUT2D eigenvalue weighted by Crippen LogP contribution is -2.33. The molecule has 0 aromatic heterocycles. The summed E-state index contributed by atoms with van der Waals surface area (Å²) in [6.07, 6.45) is 1.78. The number of methoxy groups -OCH3 is 1. The van der Waals surface area contributed by atoms with Crippen molar-refractivity contribution in [1.82, 2.24) is 10.2 Å². The highest BCUT2D eigenvalue weighted by Gasteiger charge is 2.29. The molecule has 1 fully saturated rings. The molecule has 140 valence electrons. The van der Waals surface area contributed by atoms with Gasteiger partial charge in [-0.05, 0) is 17.7 Å². The van der Waals surface area contributed by atoms with Crippen LogP contribution in [0.5, 0.6) is 0 Å². The Bertz CT molecular complexity index is 675. The largest absolute Gasteiger partial charge is 0.383 e. The van der Waals surface area contributed by atoms with Gasteiger partial charge < -0.3 is 20.3 Å². The number of nitrogens with one attached hydrogen (secondary N) is 2. The lowest BCUT2D eigenvalue weighted by atomic mass is 10.1. The molecule has 0 saturated carbocycles. The molecule has 1 heterocycles. The molecule has 1 aliphatic heterocycles. The number of carbonyl (C=O) groups is 3. The van der Waals surface area contributed by atoms with E-state index in [0.29, 0.717) is 38.3 Å². The molecular formula is C19H25N3O4. The van der Waals surface area contributed by atoms with E-state index in [4.69, 9.17) is 4.74 Å². The summed E-state index contributed by atoms with van der Waals surface area (Å²) in [4.78, 5) is 37.4. The summed E-state index contributed by atoms with van der Waals surface area (Å²) in [6.45, 7) is 5.60. The van der Waals surface area contributed by atoms with Crippen molar-refractivity contribution < 1.29 is 19.1 Å². The SMILES string of the molecule is C=CC(=O)Nc1ccccc1CC(=O)NCC1CC(=O)N(CCOC)C1. The van der Waals surface area contributed by atoms with Crippen molar-refractivity contribution in [2.45, 2.75) is 12.8 Å². The number of para-hydroxylation sites is 1. The first-order chi connectivity index (χ1) is 12.5. The molecule has 3 amide bonds. The van der Waals surface area contributed by atoms with E-state index < -0.39 is 0 Å². The van der Waals surface area contributed by atoms with E-state index >= 15 is 0 Å². The third kappa shape index (κ3) is 5.70. The normalized spacial score (nSPS) is 16.4. The zero-order valence-corrected chi connectivity index (χ0v) is 15.0. The third-order valence-corrected chi connectivity index (χ3v) is 4.26. The van der Waals surface area contributed by atoms with Crippen molar-refractivity contribution in [3.05, 3.63) is 42.5 Å². The summed E-state index contributed by atoms with van der Waals surface area (Å²) < 4.78 is 5.00. The van der Waals surface area contributed by atoms with Crippen LogP contribution in [0.25, 0.3) is 0 Å². The lowest BCUT2D eigenvalue weighted by molar-refractivity contribution is -0.128. The number of nitrogens with zero attached hydrogens (tertiary/aromatic N) is 1. The minimum absolute atomic E-state index is 0.0961. The number of amides is 3. The van der Waals surface area contributed by atoms with Crippen LogP contribution < -0.4 is 10.6 Å². The Morgan fingerprint density at radius 3 is 2.88 bits per heavy atom. The third-order valence-electron chi connectivity index (χ3n) is 4.26. The Balaban J connectivity index is 1.83. The number of hydrogen-bond donors (Lipinski definition) is 2. The van der Waals surface area contributed by atoms with E-state index in [1.165, 1.54) is 6.08 Å². The highest BCUT2D eigenvalue weighted by Crippen LogP contribution is 2.18. The van der Waals surface area contributed by atoms with Crippen molar-refractivity contribution in [2.24, 2.45) is 5.92 Å². The fourth-order valence-electron chi connectivity index (χ4n) is 2.88. The molecule has 1 aromatic carbocycles. The zero-order valence-electron chi connectivity index (χ0n) is 15.0. The molecule has 1 aromatic rings.